The molecular weight excluding hydrogens is 372 g/mol. The zero-order valence-electron chi connectivity index (χ0n) is 9.38. The van der Waals surface area contributed by atoms with Crippen molar-refractivity contribution in [3.05, 3.63) is 61.5 Å². The van der Waals surface area contributed by atoms with Crippen LogP contribution in [0, 0.1) is 0 Å². The Hall–Kier alpha value is -0.740. The van der Waals surface area contributed by atoms with Crippen LogP contribution in [0.5, 0.6) is 0 Å². The molecule has 0 saturated heterocycles. The Morgan fingerprint density at radius 2 is 1.84 bits per heavy atom. The molecule has 0 aromatic heterocycles. The number of benzene rings is 2. The first-order chi connectivity index (χ1) is 8.97. The molecule has 2 rings (SSSR count). The van der Waals surface area contributed by atoms with Crippen molar-refractivity contribution in [2.75, 3.05) is 5.32 Å². The summed E-state index contributed by atoms with van der Waals surface area (Å²) in [7, 11) is 0. The summed E-state index contributed by atoms with van der Waals surface area (Å²) in [5.74, 6) is -0.313. The minimum atomic E-state index is -0.313. The molecule has 0 spiro atoms. The minimum absolute atomic E-state index is 0.304. The Bertz CT molecular complexity index is 626. The van der Waals surface area contributed by atoms with Crippen LogP contribution in [0.2, 0.25) is 15.1 Å². The van der Waals surface area contributed by atoms with Crippen molar-refractivity contribution in [3.8, 4) is 0 Å². The van der Waals surface area contributed by atoms with Crippen LogP contribution in [0.4, 0.5) is 5.69 Å². The molecule has 98 valence electrons. The van der Waals surface area contributed by atoms with Crippen LogP contribution in [-0.4, -0.2) is 5.91 Å². The van der Waals surface area contributed by atoms with Gasteiger partial charge in [-0.15, -0.1) is 0 Å². The summed E-state index contributed by atoms with van der Waals surface area (Å²) >= 11 is 21.1. The maximum Gasteiger partial charge on any atom is 0.255 e. The van der Waals surface area contributed by atoms with Crippen molar-refractivity contribution < 1.29 is 4.79 Å². The molecule has 1 amide bonds. The number of rotatable bonds is 2. The van der Waals surface area contributed by atoms with Crippen LogP contribution in [0.25, 0.3) is 0 Å². The largest absolute Gasteiger partial charge is 0.321 e. The lowest BCUT2D eigenvalue weighted by molar-refractivity contribution is 0.102. The molecule has 1 N–H and O–H groups in total. The van der Waals surface area contributed by atoms with Crippen LogP contribution in [-0.2, 0) is 0 Å². The lowest BCUT2D eigenvalue weighted by Gasteiger charge is -2.08. The van der Waals surface area contributed by atoms with Crippen molar-refractivity contribution in [2.24, 2.45) is 0 Å². The van der Waals surface area contributed by atoms with Gasteiger partial charge in [0.2, 0.25) is 0 Å². The molecule has 0 radical (unpaired) electrons. The second kappa shape index (κ2) is 6.14. The standard InChI is InChI=1S/C13H7BrCl3NO/c14-8-4-7(5-9(15)6-8)13(19)18-11-3-1-2-10(16)12(11)17/h1-6H,(H,18,19). The van der Waals surface area contributed by atoms with E-state index in [9.17, 15) is 4.79 Å². The van der Waals surface area contributed by atoms with Gasteiger partial charge in [0.25, 0.3) is 5.91 Å². The molecule has 0 heterocycles. The van der Waals surface area contributed by atoms with Crippen LogP contribution in [0.1, 0.15) is 10.4 Å². The van der Waals surface area contributed by atoms with Gasteiger partial charge in [-0.3, -0.25) is 4.79 Å². The summed E-state index contributed by atoms with van der Waals surface area (Å²) in [5, 5.41) is 3.84. The molecule has 0 unspecified atom stereocenters. The number of carbonyl (C=O) groups excluding carboxylic acids is 1. The number of nitrogens with one attached hydrogen (secondary N) is 1. The molecular formula is C13H7BrCl3NO. The molecule has 0 atom stereocenters. The summed E-state index contributed by atoms with van der Waals surface area (Å²) in [4.78, 5) is 12.1. The number of anilines is 1. The normalized spacial score (nSPS) is 10.3. The number of hydrogen-bond donors (Lipinski definition) is 1. The number of hydrogen-bond acceptors (Lipinski definition) is 1. The predicted molar refractivity (Wildman–Crippen MR) is 83.6 cm³/mol. The molecule has 19 heavy (non-hydrogen) atoms. The maximum atomic E-state index is 12.1. The topological polar surface area (TPSA) is 29.1 Å². The van der Waals surface area contributed by atoms with Gasteiger partial charge in [-0.05, 0) is 30.3 Å². The predicted octanol–water partition coefficient (Wildman–Crippen LogP) is 5.66. The second-order valence-corrected chi connectivity index (χ2v) is 5.85. The van der Waals surface area contributed by atoms with Crippen molar-refractivity contribution in [2.45, 2.75) is 0 Å². The zero-order valence-corrected chi connectivity index (χ0v) is 13.2. The fourth-order valence-electron chi connectivity index (χ4n) is 1.48. The van der Waals surface area contributed by atoms with Gasteiger partial charge in [0.1, 0.15) is 0 Å². The van der Waals surface area contributed by atoms with Gasteiger partial charge in [0.05, 0.1) is 15.7 Å². The minimum Gasteiger partial charge on any atom is -0.321 e. The quantitative estimate of drug-likeness (QED) is 0.716. The molecule has 0 aliphatic carbocycles. The Morgan fingerprint density at radius 3 is 2.53 bits per heavy atom. The van der Waals surface area contributed by atoms with Gasteiger partial charge in [0, 0.05) is 15.1 Å². The van der Waals surface area contributed by atoms with Crippen LogP contribution < -0.4 is 5.32 Å². The van der Waals surface area contributed by atoms with E-state index in [2.05, 4.69) is 21.2 Å². The molecule has 2 aromatic carbocycles. The summed E-state index contributed by atoms with van der Waals surface area (Å²) in [6, 6.07) is 9.96. The van der Waals surface area contributed by atoms with Crippen molar-refractivity contribution in [1.82, 2.24) is 0 Å². The molecule has 6 heteroatoms. The first-order valence-electron chi connectivity index (χ1n) is 5.19. The Kier molecular flexibility index (Phi) is 4.74. The van der Waals surface area contributed by atoms with Gasteiger partial charge in [-0.2, -0.15) is 0 Å². The monoisotopic (exact) mass is 377 g/mol. The van der Waals surface area contributed by atoms with E-state index in [1.807, 2.05) is 0 Å². The SMILES string of the molecule is O=C(Nc1cccc(Cl)c1Cl)c1cc(Cl)cc(Br)c1. The summed E-state index contributed by atoms with van der Waals surface area (Å²) in [6.07, 6.45) is 0. The summed E-state index contributed by atoms with van der Waals surface area (Å²) < 4.78 is 0.724. The third-order valence-corrected chi connectivity index (χ3v) is 3.82. The third-order valence-electron chi connectivity index (χ3n) is 2.32. The third kappa shape index (κ3) is 3.63. The summed E-state index contributed by atoms with van der Waals surface area (Å²) in [6.45, 7) is 0. The van der Waals surface area contributed by atoms with Gasteiger partial charge in [0.15, 0.2) is 0 Å². The highest BCUT2D eigenvalue weighted by Crippen LogP contribution is 2.30. The van der Waals surface area contributed by atoms with E-state index in [1.54, 1.807) is 36.4 Å². The molecule has 0 saturated carbocycles. The molecule has 0 aliphatic heterocycles. The fraction of sp³-hybridized carbons (Fsp3) is 0. The van der Waals surface area contributed by atoms with Gasteiger partial charge < -0.3 is 5.32 Å². The smallest absolute Gasteiger partial charge is 0.255 e. The summed E-state index contributed by atoms with van der Waals surface area (Å²) in [5.41, 5.74) is 0.880. The van der Waals surface area contributed by atoms with E-state index in [-0.39, 0.29) is 5.91 Å². The zero-order chi connectivity index (χ0) is 14.0. The van der Waals surface area contributed by atoms with Crippen molar-refractivity contribution in [1.29, 1.82) is 0 Å². The number of halogens is 4. The van der Waals surface area contributed by atoms with Gasteiger partial charge in [-0.25, -0.2) is 0 Å². The number of amides is 1. The Balaban J connectivity index is 2.28. The van der Waals surface area contributed by atoms with Crippen molar-refractivity contribution >= 4 is 62.3 Å². The Labute approximate surface area is 133 Å². The number of carbonyl (C=O) groups is 1. The highest BCUT2D eigenvalue weighted by atomic mass is 79.9. The van der Waals surface area contributed by atoms with Gasteiger partial charge >= 0.3 is 0 Å². The first kappa shape index (κ1) is 14.7. The highest BCUT2D eigenvalue weighted by molar-refractivity contribution is 9.10. The van der Waals surface area contributed by atoms with Crippen LogP contribution in [0.3, 0.4) is 0 Å². The average molecular weight is 379 g/mol. The second-order valence-electron chi connectivity index (χ2n) is 3.71. The lowest BCUT2D eigenvalue weighted by atomic mass is 10.2. The van der Waals surface area contributed by atoms with E-state index in [0.29, 0.717) is 26.3 Å². The van der Waals surface area contributed by atoms with Crippen molar-refractivity contribution in [3.63, 3.8) is 0 Å². The maximum absolute atomic E-state index is 12.1. The van der Waals surface area contributed by atoms with Crippen LogP contribution >= 0.6 is 50.7 Å². The lowest BCUT2D eigenvalue weighted by Crippen LogP contribution is -2.12. The molecule has 0 aliphatic rings. The molecule has 0 fully saturated rings. The average Bonchev–Trinajstić information content (AvgIpc) is 2.33. The van der Waals surface area contributed by atoms with E-state index in [1.165, 1.54) is 0 Å². The van der Waals surface area contributed by atoms with Crippen LogP contribution in [0.15, 0.2) is 40.9 Å². The molecule has 0 bridgehead atoms. The fourth-order valence-corrected chi connectivity index (χ4v) is 2.69. The molecule has 2 aromatic rings. The van der Waals surface area contributed by atoms with E-state index < -0.39 is 0 Å². The highest BCUT2D eigenvalue weighted by Gasteiger charge is 2.11. The first-order valence-corrected chi connectivity index (χ1v) is 7.11. The van der Waals surface area contributed by atoms with Gasteiger partial charge in [-0.1, -0.05) is 56.8 Å². The van der Waals surface area contributed by atoms with E-state index in [0.717, 1.165) is 4.47 Å². The van der Waals surface area contributed by atoms with E-state index in [4.69, 9.17) is 34.8 Å². The Morgan fingerprint density at radius 1 is 1.11 bits per heavy atom. The molecule has 2 nitrogen and oxygen atoms in total. The van der Waals surface area contributed by atoms with E-state index >= 15 is 0 Å².